The summed E-state index contributed by atoms with van der Waals surface area (Å²) in [6.07, 6.45) is 4.53. The second kappa shape index (κ2) is 5.11. The zero-order chi connectivity index (χ0) is 12.3. The minimum absolute atomic E-state index is 0.00734. The quantitative estimate of drug-likeness (QED) is 0.733. The van der Waals surface area contributed by atoms with E-state index in [1.807, 2.05) is 27.7 Å². The number of rotatable bonds is 4. The van der Waals surface area contributed by atoms with Crippen molar-refractivity contribution >= 4 is 11.6 Å². The number of Topliss-reactive ketones (excluding diaryl/α,β-unsaturated/α-hetero) is 2. The molecular formula is C14H24O2. The lowest BCUT2D eigenvalue weighted by atomic mass is 9.71. The molecule has 92 valence electrons. The first-order chi connectivity index (χ1) is 7.40. The molecule has 0 amide bonds. The Balaban J connectivity index is 2.73. The minimum atomic E-state index is -0.281. The summed E-state index contributed by atoms with van der Waals surface area (Å²) >= 11 is 0. The molecule has 2 unspecified atom stereocenters. The maximum absolute atomic E-state index is 12.3. The van der Waals surface area contributed by atoms with Gasteiger partial charge in [0.25, 0.3) is 0 Å². The molecule has 2 heteroatoms. The van der Waals surface area contributed by atoms with Crippen LogP contribution in [0, 0.1) is 17.3 Å². The van der Waals surface area contributed by atoms with Gasteiger partial charge in [0.2, 0.25) is 0 Å². The Morgan fingerprint density at radius 1 is 1.44 bits per heavy atom. The average molecular weight is 224 g/mol. The third-order valence-corrected chi connectivity index (χ3v) is 4.17. The van der Waals surface area contributed by atoms with E-state index in [0.717, 1.165) is 25.7 Å². The van der Waals surface area contributed by atoms with Crippen LogP contribution in [-0.2, 0) is 9.59 Å². The highest BCUT2D eigenvalue weighted by Crippen LogP contribution is 2.33. The van der Waals surface area contributed by atoms with Gasteiger partial charge in [0, 0.05) is 23.7 Å². The highest BCUT2D eigenvalue weighted by Gasteiger charge is 2.37. The van der Waals surface area contributed by atoms with Gasteiger partial charge in [-0.3, -0.25) is 9.59 Å². The molecule has 1 rings (SSSR count). The predicted octanol–water partition coefficient (Wildman–Crippen LogP) is 3.39. The first kappa shape index (κ1) is 13.4. The fourth-order valence-electron chi connectivity index (χ4n) is 2.51. The van der Waals surface area contributed by atoms with Crippen molar-refractivity contribution in [3.8, 4) is 0 Å². The van der Waals surface area contributed by atoms with Gasteiger partial charge in [-0.15, -0.1) is 0 Å². The van der Waals surface area contributed by atoms with Crippen LogP contribution >= 0.6 is 0 Å². The van der Waals surface area contributed by atoms with E-state index in [0.29, 0.717) is 12.2 Å². The van der Waals surface area contributed by atoms with Gasteiger partial charge < -0.3 is 0 Å². The van der Waals surface area contributed by atoms with Crippen molar-refractivity contribution in [1.29, 1.82) is 0 Å². The summed E-state index contributed by atoms with van der Waals surface area (Å²) in [6.45, 7) is 7.94. The summed E-state index contributed by atoms with van der Waals surface area (Å²) in [5, 5.41) is 0. The van der Waals surface area contributed by atoms with E-state index >= 15 is 0 Å². The normalized spacial score (nSPS) is 24.2. The Morgan fingerprint density at radius 3 is 2.56 bits per heavy atom. The maximum Gasteiger partial charge on any atom is 0.141 e. The summed E-state index contributed by atoms with van der Waals surface area (Å²) in [7, 11) is 0. The van der Waals surface area contributed by atoms with Crippen LogP contribution in [-0.4, -0.2) is 11.6 Å². The summed E-state index contributed by atoms with van der Waals surface area (Å²) < 4.78 is 0. The topological polar surface area (TPSA) is 34.1 Å². The number of hydrogen-bond acceptors (Lipinski definition) is 2. The molecule has 0 aliphatic heterocycles. The molecule has 0 saturated heterocycles. The van der Waals surface area contributed by atoms with Crippen LogP contribution in [0.4, 0.5) is 0 Å². The van der Waals surface area contributed by atoms with Gasteiger partial charge in [-0.2, -0.15) is 0 Å². The van der Waals surface area contributed by atoms with Crippen LogP contribution in [0.3, 0.4) is 0 Å². The lowest BCUT2D eigenvalue weighted by Crippen LogP contribution is -2.37. The molecule has 0 aromatic heterocycles. The van der Waals surface area contributed by atoms with Crippen LogP contribution in [0.25, 0.3) is 0 Å². The first-order valence-corrected chi connectivity index (χ1v) is 6.47. The zero-order valence-corrected chi connectivity index (χ0v) is 11.0. The highest BCUT2D eigenvalue weighted by atomic mass is 16.1. The fraction of sp³-hybridized carbons (Fsp3) is 0.857. The smallest absolute Gasteiger partial charge is 0.141 e. The van der Waals surface area contributed by atoms with Gasteiger partial charge in [0.1, 0.15) is 11.6 Å². The lowest BCUT2D eigenvalue weighted by molar-refractivity contribution is -0.138. The largest absolute Gasteiger partial charge is 0.299 e. The van der Waals surface area contributed by atoms with E-state index < -0.39 is 0 Å². The lowest BCUT2D eigenvalue weighted by Gasteiger charge is -2.31. The zero-order valence-electron chi connectivity index (χ0n) is 11.0. The first-order valence-electron chi connectivity index (χ1n) is 6.47. The van der Waals surface area contributed by atoms with Gasteiger partial charge in [-0.1, -0.05) is 34.1 Å². The van der Waals surface area contributed by atoms with Crippen molar-refractivity contribution in [2.45, 2.75) is 59.8 Å². The summed E-state index contributed by atoms with van der Waals surface area (Å²) in [5.74, 6) is 0.462. The van der Waals surface area contributed by atoms with E-state index in [2.05, 4.69) is 0 Å². The molecule has 0 aromatic carbocycles. The Bertz CT molecular complexity index is 278. The molecule has 2 atom stereocenters. The Hall–Kier alpha value is -0.660. The van der Waals surface area contributed by atoms with Crippen molar-refractivity contribution in [3.05, 3.63) is 0 Å². The fourth-order valence-corrected chi connectivity index (χ4v) is 2.51. The Kier molecular flexibility index (Phi) is 4.28. The second-order valence-electron chi connectivity index (χ2n) is 5.71. The van der Waals surface area contributed by atoms with E-state index in [1.54, 1.807) is 0 Å². The number of hydrogen-bond donors (Lipinski definition) is 0. The van der Waals surface area contributed by atoms with E-state index in [4.69, 9.17) is 0 Å². The summed E-state index contributed by atoms with van der Waals surface area (Å²) in [5.41, 5.74) is -0.281. The van der Waals surface area contributed by atoms with E-state index in [1.165, 1.54) is 0 Å². The van der Waals surface area contributed by atoms with Gasteiger partial charge in [-0.05, 0) is 19.3 Å². The van der Waals surface area contributed by atoms with Crippen molar-refractivity contribution < 1.29 is 9.59 Å². The second-order valence-corrected chi connectivity index (χ2v) is 5.71. The third kappa shape index (κ3) is 2.72. The average Bonchev–Trinajstić information content (AvgIpc) is 2.27. The Labute approximate surface area is 98.8 Å². The van der Waals surface area contributed by atoms with E-state index in [9.17, 15) is 9.59 Å². The molecule has 0 radical (unpaired) electrons. The van der Waals surface area contributed by atoms with Crippen LogP contribution in [0.1, 0.15) is 59.8 Å². The molecule has 1 fully saturated rings. The molecule has 0 N–H and O–H groups in total. The van der Waals surface area contributed by atoms with Gasteiger partial charge in [0.05, 0.1) is 0 Å². The Morgan fingerprint density at radius 2 is 2.06 bits per heavy atom. The van der Waals surface area contributed by atoms with Crippen molar-refractivity contribution in [3.63, 3.8) is 0 Å². The number of carbonyl (C=O) groups is 2. The molecule has 0 heterocycles. The highest BCUT2D eigenvalue weighted by molar-refractivity contribution is 5.92. The summed E-state index contributed by atoms with van der Waals surface area (Å²) in [4.78, 5) is 24.1. The van der Waals surface area contributed by atoms with Crippen LogP contribution in [0.5, 0.6) is 0 Å². The van der Waals surface area contributed by atoms with Crippen molar-refractivity contribution in [2.24, 2.45) is 17.3 Å². The molecule has 1 aliphatic carbocycles. The maximum atomic E-state index is 12.3. The molecule has 0 aromatic rings. The van der Waals surface area contributed by atoms with Crippen LogP contribution in [0.15, 0.2) is 0 Å². The summed E-state index contributed by atoms with van der Waals surface area (Å²) in [6, 6.07) is 0. The third-order valence-electron chi connectivity index (χ3n) is 4.17. The van der Waals surface area contributed by atoms with E-state index in [-0.39, 0.29) is 23.0 Å². The molecule has 16 heavy (non-hydrogen) atoms. The standard InChI is InChI=1S/C14H24O2/c1-5-14(3,4)13(16)10(2)11-8-6-7-9-12(11)15/h10-11H,5-9H2,1-4H3. The molecule has 1 saturated carbocycles. The van der Waals surface area contributed by atoms with Crippen molar-refractivity contribution in [2.75, 3.05) is 0 Å². The SMILES string of the molecule is CCC(C)(C)C(=O)C(C)C1CCCCC1=O. The number of carbonyl (C=O) groups excluding carboxylic acids is 2. The molecule has 0 bridgehead atoms. The predicted molar refractivity (Wildman–Crippen MR) is 65.2 cm³/mol. The van der Waals surface area contributed by atoms with Gasteiger partial charge >= 0.3 is 0 Å². The molecular weight excluding hydrogens is 200 g/mol. The molecule has 2 nitrogen and oxygen atoms in total. The molecule has 0 spiro atoms. The van der Waals surface area contributed by atoms with Crippen molar-refractivity contribution in [1.82, 2.24) is 0 Å². The van der Waals surface area contributed by atoms with Crippen LogP contribution in [0.2, 0.25) is 0 Å². The van der Waals surface area contributed by atoms with Gasteiger partial charge in [0.15, 0.2) is 0 Å². The van der Waals surface area contributed by atoms with Gasteiger partial charge in [-0.25, -0.2) is 0 Å². The van der Waals surface area contributed by atoms with Crippen LogP contribution < -0.4 is 0 Å². The minimum Gasteiger partial charge on any atom is -0.299 e. The monoisotopic (exact) mass is 224 g/mol. The number of ketones is 2. The molecule has 1 aliphatic rings.